The molecule has 1 amide bonds. The standard InChI is InChI=1S/C18H20N4O3/c1-21-9-18(15-16(21)20-7-6-19-15)10-22(11-18)17(23)13-5-4-12(24-2)8-14(13)25-3/h4-8H,9-11H2,1-3H3. The summed E-state index contributed by atoms with van der Waals surface area (Å²) < 4.78 is 10.6. The highest BCUT2D eigenvalue weighted by Crippen LogP contribution is 2.44. The number of anilines is 1. The smallest absolute Gasteiger partial charge is 0.257 e. The van der Waals surface area contributed by atoms with Gasteiger partial charge in [0.1, 0.15) is 11.5 Å². The van der Waals surface area contributed by atoms with Crippen LogP contribution in [0.3, 0.4) is 0 Å². The van der Waals surface area contributed by atoms with Gasteiger partial charge >= 0.3 is 0 Å². The van der Waals surface area contributed by atoms with Crippen molar-refractivity contribution < 1.29 is 14.3 Å². The number of aromatic nitrogens is 2. The Kier molecular flexibility index (Phi) is 3.52. The summed E-state index contributed by atoms with van der Waals surface area (Å²) >= 11 is 0. The van der Waals surface area contributed by atoms with Gasteiger partial charge in [-0.3, -0.25) is 9.78 Å². The van der Waals surface area contributed by atoms with Crippen LogP contribution in [0, 0.1) is 0 Å². The van der Waals surface area contributed by atoms with Gasteiger partial charge < -0.3 is 19.3 Å². The molecular weight excluding hydrogens is 320 g/mol. The second kappa shape index (κ2) is 5.61. The van der Waals surface area contributed by atoms with Gasteiger partial charge in [-0.05, 0) is 12.1 Å². The van der Waals surface area contributed by atoms with Crippen molar-refractivity contribution >= 4 is 11.7 Å². The number of hydrogen-bond donors (Lipinski definition) is 0. The molecular formula is C18H20N4O3. The Morgan fingerprint density at radius 1 is 1.12 bits per heavy atom. The number of nitrogens with zero attached hydrogens (tertiary/aromatic N) is 4. The van der Waals surface area contributed by atoms with Crippen molar-refractivity contribution in [2.24, 2.45) is 0 Å². The monoisotopic (exact) mass is 340 g/mol. The van der Waals surface area contributed by atoms with Crippen molar-refractivity contribution in [3.8, 4) is 11.5 Å². The van der Waals surface area contributed by atoms with Gasteiger partial charge in [-0.15, -0.1) is 0 Å². The van der Waals surface area contributed by atoms with Crippen LogP contribution >= 0.6 is 0 Å². The summed E-state index contributed by atoms with van der Waals surface area (Å²) in [6, 6.07) is 5.25. The summed E-state index contributed by atoms with van der Waals surface area (Å²) in [5.41, 5.74) is 1.42. The van der Waals surface area contributed by atoms with E-state index >= 15 is 0 Å². The second-order valence-corrected chi connectivity index (χ2v) is 6.59. The van der Waals surface area contributed by atoms with Crippen molar-refractivity contribution in [1.82, 2.24) is 14.9 Å². The van der Waals surface area contributed by atoms with Gasteiger partial charge in [0.05, 0.1) is 30.9 Å². The molecule has 7 heteroatoms. The summed E-state index contributed by atoms with van der Waals surface area (Å²) in [6.45, 7) is 2.10. The molecule has 1 aromatic carbocycles. The van der Waals surface area contributed by atoms with E-state index in [1.54, 1.807) is 44.8 Å². The maximum absolute atomic E-state index is 12.9. The molecule has 0 atom stereocenters. The van der Waals surface area contributed by atoms with Crippen LogP contribution in [0.2, 0.25) is 0 Å². The van der Waals surface area contributed by atoms with Gasteiger partial charge in [-0.2, -0.15) is 0 Å². The van der Waals surface area contributed by atoms with Gasteiger partial charge in [0, 0.05) is 45.1 Å². The molecule has 2 aliphatic rings. The van der Waals surface area contributed by atoms with E-state index in [-0.39, 0.29) is 11.3 Å². The molecule has 2 aliphatic heterocycles. The van der Waals surface area contributed by atoms with Gasteiger partial charge in [-0.1, -0.05) is 0 Å². The predicted octanol–water partition coefficient (Wildman–Crippen LogP) is 1.34. The third kappa shape index (κ3) is 2.30. The summed E-state index contributed by atoms with van der Waals surface area (Å²) in [5.74, 6) is 2.06. The fourth-order valence-electron chi connectivity index (χ4n) is 3.81. The first-order chi connectivity index (χ1) is 12.1. The maximum Gasteiger partial charge on any atom is 0.257 e. The normalized spacial score (nSPS) is 17.2. The van der Waals surface area contributed by atoms with Crippen molar-refractivity contribution in [1.29, 1.82) is 0 Å². The highest BCUT2D eigenvalue weighted by molar-refractivity contribution is 5.98. The molecule has 0 bridgehead atoms. The zero-order valence-electron chi connectivity index (χ0n) is 14.5. The Balaban J connectivity index is 1.56. The molecule has 130 valence electrons. The molecule has 4 rings (SSSR count). The van der Waals surface area contributed by atoms with Gasteiger partial charge in [0.25, 0.3) is 5.91 Å². The average molecular weight is 340 g/mol. The molecule has 0 N–H and O–H groups in total. The zero-order chi connectivity index (χ0) is 17.6. The summed E-state index contributed by atoms with van der Waals surface area (Å²) in [4.78, 5) is 25.8. The molecule has 1 saturated heterocycles. The molecule has 25 heavy (non-hydrogen) atoms. The van der Waals surface area contributed by atoms with Crippen LogP contribution < -0.4 is 14.4 Å². The number of methoxy groups -OCH3 is 2. The van der Waals surface area contributed by atoms with Crippen molar-refractivity contribution in [3.05, 3.63) is 41.9 Å². The third-order valence-electron chi connectivity index (χ3n) is 5.00. The fraction of sp³-hybridized carbons (Fsp3) is 0.389. The van der Waals surface area contributed by atoms with E-state index in [0.717, 1.165) is 18.1 Å². The molecule has 1 spiro atoms. The van der Waals surface area contributed by atoms with Crippen LogP contribution in [0.1, 0.15) is 16.1 Å². The number of rotatable bonds is 3. The van der Waals surface area contributed by atoms with Crippen LogP contribution in [0.5, 0.6) is 11.5 Å². The van der Waals surface area contributed by atoms with Gasteiger partial charge in [-0.25, -0.2) is 4.98 Å². The van der Waals surface area contributed by atoms with Crippen molar-refractivity contribution in [2.45, 2.75) is 5.41 Å². The SMILES string of the molecule is COc1ccc(C(=O)N2CC3(C2)CN(C)c2nccnc23)c(OC)c1. The summed E-state index contributed by atoms with van der Waals surface area (Å²) in [7, 11) is 5.16. The Bertz CT molecular complexity index is 833. The predicted molar refractivity (Wildman–Crippen MR) is 92.4 cm³/mol. The van der Waals surface area contributed by atoms with Crippen molar-refractivity contribution in [2.75, 3.05) is 45.8 Å². The summed E-state index contributed by atoms with van der Waals surface area (Å²) in [5, 5.41) is 0. The number of carbonyl (C=O) groups excluding carboxylic acids is 1. The topological polar surface area (TPSA) is 67.8 Å². The first kappa shape index (κ1) is 15.7. The average Bonchev–Trinajstić information content (AvgIpc) is 2.92. The number of fused-ring (bicyclic) bond motifs is 2. The largest absolute Gasteiger partial charge is 0.497 e. The van der Waals surface area contributed by atoms with E-state index < -0.39 is 0 Å². The van der Waals surface area contributed by atoms with E-state index in [2.05, 4.69) is 14.9 Å². The quantitative estimate of drug-likeness (QED) is 0.840. The van der Waals surface area contributed by atoms with E-state index in [0.29, 0.717) is 30.2 Å². The number of carbonyl (C=O) groups is 1. The van der Waals surface area contributed by atoms with Crippen LogP contribution in [-0.4, -0.2) is 61.7 Å². The van der Waals surface area contributed by atoms with E-state index in [4.69, 9.17) is 9.47 Å². The summed E-state index contributed by atoms with van der Waals surface area (Å²) in [6.07, 6.45) is 3.43. The highest BCUT2D eigenvalue weighted by Gasteiger charge is 2.54. The Labute approximate surface area is 146 Å². The number of benzene rings is 1. The molecule has 0 saturated carbocycles. The molecule has 0 unspecified atom stereocenters. The number of ether oxygens (including phenoxy) is 2. The third-order valence-corrected chi connectivity index (χ3v) is 5.00. The Hall–Kier alpha value is -2.83. The zero-order valence-corrected chi connectivity index (χ0v) is 14.5. The first-order valence-electron chi connectivity index (χ1n) is 8.12. The van der Waals surface area contributed by atoms with E-state index in [1.165, 1.54) is 0 Å². The lowest BCUT2D eigenvalue weighted by molar-refractivity contribution is 0.0416. The number of hydrogen-bond acceptors (Lipinski definition) is 6. The van der Waals surface area contributed by atoms with Gasteiger partial charge in [0.15, 0.2) is 5.82 Å². The van der Waals surface area contributed by atoms with Gasteiger partial charge in [0.2, 0.25) is 0 Å². The van der Waals surface area contributed by atoms with Crippen LogP contribution in [0.25, 0.3) is 0 Å². The van der Waals surface area contributed by atoms with Crippen molar-refractivity contribution in [3.63, 3.8) is 0 Å². The van der Waals surface area contributed by atoms with E-state index in [9.17, 15) is 4.79 Å². The lowest BCUT2D eigenvalue weighted by Gasteiger charge is -2.47. The first-order valence-corrected chi connectivity index (χ1v) is 8.12. The molecule has 3 heterocycles. The minimum absolute atomic E-state index is 0.0369. The number of likely N-dealkylation sites (tertiary alicyclic amines) is 1. The second-order valence-electron chi connectivity index (χ2n) is 6.59. The molecule has 0 aliphatic carbocycles. The lowest BCUT2D eigenvalue weighted by atomic mass is 9.78. The molecule has 2 aromatic rings. The fourth-order valence-corrected chi connectivity index (χ4v) is 3.81. The van der Waals surface area contributed by atoms with E-state index in [1.807, 2.05) is 11.9 Å². The molecule has 1 fully saturated rings. The minimum Gasteiger partial charge on any atom is -0.497 e. The molecule has 7 nitrogen and oxygen atoms in total. The molecule has 1 aromatic heterocycles. The van der Waals surface area contributed by atoms with Crippen LogP contribution in [0.15, 0.2) is 30.6 Å². The maximum atomic E-state index is 12.9. The Morgan fingerprint density at radius 2 is 1.88 bits per heavy atom. The minimum atomic E-state index is -0.117. The lowest BCUT2D eigenvalue weighted by Crippen LogP contribution is -2.63. The highest BCUT2D eigenvalue weighted by atomic mass is 16.5. The molecule has 0 radical (unpaired) electrons. The van der Waals surface area contributed by atoms with Crippen LogP contribution in [-0.2, 0) is 5.41 Å². The van der Waals surface area contributed by atoms with Crippen LogP contribution in [0.4, 0.5) is 5.82 Å². The Morgan fingerprint density at radius 3 is 2.60 bits per heavy atom. The number of amides is 1. The number of likely N-dealkylation sites (N-methyl/N-ethyl adjacent to an activating group) is 1.